The van der Waals surface area contributed by atoms with Crippen LogP contribution >= 0.6 is 11.3 Å². The fourth-order valence-corrected chi connectivity index (χ4v) is 3.49. The maximum atomic E-state index is 11.6. The zero-order valence-corrected chi connectivity index (χ0v) is 11.1. The van der Waals surface area contributed by atoms with E-state index in [1.807, 2.05) is 6.07 Å². The van der Waals surface area contributed by atoms with Crippen molar-refractivity contribution < 1.29 is 4.79 Å². The van der Waals surface area contributed by atoms with E-state index in [4.69, 9.17) is 5.73 Å². The molecule has 0 aromatic carbocycles. The van der Waals surface area contributed by atoms with Gasteiger partial charge in [-0.3, -0.25) is 4.79 Å². The Morgan fingerprint density at radius 1 is 1.44 bits per heavy atom. The number of hydrogen-bond donors (Lipinski definition) is 1. The molecule has 0 bridgehead atoms. The predicted octanol–water partition coefficient (Wildman–Crippen LogP) is 2.68. The molecule has 1 aliphatic rings. The molecule has 0 aliphatic carbocycles. The topological polar surface area (TPSA) is 59.2 Å². The Bertz CT molecular complexity index is 614. The van der Waals surface area contributed by atoms with Crippen LogP contribution in [0, 0.1) is 0 Å². The third kappa shape index (κ3) is 1.66. The van der Waals surface area contributed by atoms with Crippen LogP contribution in [0.3, 0.4) is 0 Å². The molecule has 0 radical (unpaired) electrons. The van der Waals surface area contributed by atoms with Crippen molar-refractivity contribution in [2.75, 3.05) is 23.7 Å². The van der Waals surface area contributed by atoms with E-state index < -0.39 is 0 Å². The normalized spacial score (nSPS) is 15.5. The highest BCUT2D eigenvalue weighted by molar-refractivity contribution is 7.21. The number of carbonyl (C=O) groups excluding carboxylic acids is 1. The van der Waals surface area contributed by atoms with Gasteiger partial charge in [-0.2, -0.15) is 0 Å². The first-order valence-electron chi connectivity index (χ1n) is 6.11. The summed E-state index contributed by atoms with van der Waals surface area (Å²) in [6, 6.07) is 2.00. The molecule has 94 valence electrons. The Morgan fingerprint density at radius 3 is 2.83 bits per heavy atom. The molecule has 2 aromatic heterocycles. The number of nitrogen functional groups attached to an aromatic ring is 1. The molecule has 3 rings (SSSR count). The first-order chi connectivity index (χ1) is 8.68. The van der Waals surface area contributed by atoms with Crippen molar-refractivity contribution >= 4 is 38.7 Å². The maximum Gasteiger partial charge on any atom is 0.171 e. The second-order valence-corrected chi connectivity index (χ2v) is 5.60. The number of anilines is 2. The van der Waals surface area contributed by atoms with Crippen molar-refractivity contribution in [3.63, 3.8) is 0 Å². The van der Waals surface area contributed by atoms with Crippen LogP contribution in [-0.2, 0) is 0 Å². The second kappa shape index (κ2) is 4.24. The lowest BCUT2D eigenvalue weighted by atomic mass is 10.2. The average Bonchev–Trinajstić information content (AvgIpc) is 2.97. The van der Waals surface area contributed by atoms with Gasteiger partial charge < -0.3 is 10.6 Å². The zero-order chi connectivity index (χ0) is 12.7. The number of Topliss-reactive ketones (excluding diaryl/α,β-unsaturated/α-hetero) is 1. The van der Waals surface area contributed by atoms with Gasteiger partial charge in [-0.1, -0.05) is 0 Å². The fraction of sp³-hybridized carbons (Fsp3) is 0.385. The first kappa shape index (κ1) is 11.5. The molecule has 4 nitrogen and oxygen atoms in total. The second-order valence-electron chi connectivity index (χ2n) is 4.61. The first-order valence-corrected chi connectivity index (χ1v) is 6.93. The van der Waals surface area contributed by atoms with Gasteiger partial charge >= 0.3 is 0 Å². The summed E-state index contributed by atoms with van der Waals surface area (Å²) in [6.45, 7) is 3.67. The van der Waals surface area contributed by atoms with E-state index >= 15 is 0 Å². The minimum atomic E-state index is 0.0165. The number of nitrogens with zero attached hydrogens (tertiary/aromatic N) is 2. The fourth-order valence-electron chi connectivity index (χ4n) is 2.51. The molecule has 0 unspecified atom stereocenters. The highest BCUT2D eigenvalue weighted by Gasteiger charge is 2.21. The zero-order valence-electron chi connectivity index (χ0n) is 10.3. The number of pyridine rings is 1. The van der Waals surface area contributed by atoms with E-state index in [1.165, 1.54) is 24.2 Å². The molecular weight excluding hydrogens is 246 g/mol. The number of nitrogens with two attached hydrogens (primary N) is 1. The molecule has 0 saturated carbocycles. The third-order valence-electron chi connectivity index (χ3n) is 3.37. The van der Waals surface area contributed by atoms with Crippen molar-refractivity contribution in [2.45, 2.75) is 19.8 Å². The number of rotatable bonds is 2. The molecule has 2 aromatic rings. The molecule has 1 fully saturated rings. The quantitative estimate of drug-likeness (QED) is 0.844. The molecule has 18 heavy (non-hydrogen) atoms. The van der Waals surface area contributed by atoms with E-state index in [-0.39, 0.29) is 5.78 Å². The summed E-state index contributed by atoms with van der Waals surface area (Å²) in [5.41, 5.74) is 7.85. The molecule has 1 aliphatic heterocycles. The largest absolute Gasteiger partial charge is 0.397 e. The molecule has 3 heterocycles. The van der Waals surface area contributed by atoms with Gasteiger partial charge in [0.2, 0.25) is 0 Å². The van der Waals surface area contributed by atoms with E-state index in [1.54, 1.807) is 13.1 Å². The number of carbonyl (C=O) groups is 1. The van der Waals surface area contributed by atoms with Crippen molar-refractivity contribution in [1.29, 1.82) is 0 Å². The van der Waals surface area contributed by atoms with E-state index in [9.17, 15) is 4.79 Å². The molecule has 1 saturated heterocycles. The van der Waals surface area contributed by atoms with Crippen LogP contribution < -0.4 is 10.6 Å². The van der Waals surface area contributed by atoms with Gasteiger partial charge in [-0.25, -0.2) is 4.98 Å². The summed E-state index contributed by atoms with van der Waals surface area (Å²) in [7, 11) is 0. The standard InChI is InChI=1S/C13H15N3OS/c1-8(17)12-11(14)10-9(16-6-2-3-7-16)4-5-15-13(10)18-12/h4-5H,2-3,6-7,14H2,1H3. The number of thiophene rings is 1. The summed E-state index contributed by atoms with van der Waals surface area (Å²) in [5, 5.41) is 0.953. The van der Waals surface area contributed by atoms with E-state index in [0.29, 0.717) is 10.6 Å². The summed E-state index contributed by atoms with van der Waals surface area (Å²) < 4.78 is 0. The number of aromatic nitrogens is 1. The Labute approximate surface area is 109 Å². The summed E-state index contributed by atoms with van der Waals surface area (Å²) >= 11 is 1.39. The van der Waals surface area contributed by atoms with Crippen LogP contribution in [-0.4, -0.2) is 23.9 Å². The third-order valence-corrected chi connectivity index (χ3v) is 4.59. The lowest BCUT2D eigenvalue weighted by molar-refractivity contribution is 0.102. The average molecular weight is 261 g/mol. The number of ketones is 1. The van der Waals surface area contributed by atoms with Gasteiger partial charge in [0.15, 0.2) is 5.78 Å². The molecule has 0 atom stereocenters. The van der Waals surface area contributed by atoms with Gasteiger partial charge in [0.05, 0.1) is 21.6 Å². The SMILES string of the molecule is CC(=O)c1sc2nccc(N3CCCC3)c2c1N. The smallest absolute Gasteiger partial charge is 0.171 e. The number of hydrogen-bond acceptors (Lipinski definition) is 5. The van der Waals surface area contributed by atoms with Gasteiger partial charge in [0, 0.05) is 26.2 Å². The highest BCUT2D eigenvalue weighted by Crippen LogP contribution is 2.39. The molecule has 0 spiro atoms. The van der Waals surface area contributed by atoms with Crippen LogP contribution in [0.2, 0.25) is 0 Å². The summed E-state index contributed by atoms with van der Waals surface area (Å²) in [6.07, 6.45) is 4.23. The van der Waals surface area contributed by atoms with Gasteiger partial charge in [0.1, 0.15) is 4.83 Å². The Morgan fingerprint density at radius 2 is 2.17 bits per heavy atom. The Hall–Kier alpha value is -1.62. The Kier molecular flexibility index (Phi) is 2.70. The van der Waals surface area contributed by atoms with Gasteiger partial charge in [-0.15, -0.1) is 11.3 Å². The van der Waals surface area contributed by atoms with Crippen molar-refractivity contribution in [3.05, 3.63) is 17.1 Å². The van der Waals surface area contributed by atoms with Crippen LogP contribution in [0.4, 0.5) is 11.4 Å². The van der Waals surface area contributed by atoms with E-state index in [0.717, 1.165) is 29.0 Å². The highest BCUT2D eigenvalue weighted by atomic mass is 32.1. The van der Waals surface area contributed by atoms with E-state index in [2.05, 4.69) is 9.88 Å². The van der Waals surface area contributed by atoms with Gasteiger partial charge in [-0.05, 0) is 18.9 Å². The van der Waals surface area contributed by atoms with Crippen LogP contribution in [0.5, 0.6) is 0 Å². The van der Waals surface area contributed by atoms with Crippen LogP contribution in [0.25, 0.3) is 10.2 Å². The number of fused-ring (bicyclic) bond motifs is 1. The van der Waals surface area contributed by atoms with Crippen LogP contribution in [0.15, 0.2) is 12.3 Å². The van der Waals surface area contributed by atoms with Crippen molar-refractivity contribution in [3.8, 4) is 0 Å². The van der Waals surface area contributed by atoms with Gasteiger partial charge in [0.25, 0.3) is 0 Å². The van der Waals surface area contributed by atoms with Crippen LogP contribution in [0.1, 0.15) is 29.4 Å². The monoisotopic (exact) mass is 261 g/mol. The Balaban J connectivity index is 2.23. The molecule has 0 amide bonds. The minimum Gasteiger partial charge on any atom is -0.397 e. The predicted molar refractivity (Wildman–Crippen MR) is 75.5 cm³/mol. The minimum absolute atomic E-state index is 0.0165. The van der Waals surface area contributed by atoms with Crippen molar-refractivity contribution in [1.82, 2.24) is 4.98 Å². The molecular formula is C13H15N3OS. The summed E-state index contributed by atoms with van der Waals surface area (Å²) in [5.74, 6) is 0.0165. The molecule has 5 heteroatoms. The lowest BCUT2D eigenvalue weighted by Crippen LogP contribution is -2.18. The summed E-state index contributed by atoms with van der Waals surface area (Å²) in [4.78, 5) is 19.7. The lowest BCUT2D eigenvalue weighted by Gasteiger charge is -2.18. The molecule has 2 N–H and O–H groups in total. The van der Waals surface area contributed by atoms with Crippen molar-refractivity contribution in [2.24, 2.45) is 0 Å². The maximum absolute atomic E-state index is 11.6.